The summed E-state index contributed by atoms with van der Waals surface area (Å²) in [5, 5.41) is 10.8. The predicted molar refractivity (Wildman–Crippen MR) is 108 cm³/mol. The van der Waals surface area contributed by atoms with Crippen molar-refractivity contribution in [2.45, 2.75) is 90.5 Å². The average Bonchev–Trinajstić information content (AvgIpc) is 3.06. The van der Waals surface area contributed by atoms with Gasteiger partial charge in [-0.15, -0.1) is 0 Å². The fraction of sp³-hybridized carbons (Fsp3) is 0.773. The maximum absolute atomic E-state index is 7.21. The number of unbranched alkanes of at least 4 members (excludes halogenated alkanes) is 5. The molecule has 138 valence electrons. The van der Waals surface area contributed by atoms with Crippen LogP contribution in [0.1, 0.15) is 84.5 Å². The number of nitrogens with one attached hydrogen (secondary N) is 2. The SMILES string of the molecule is CCCCCCCCC(/C=C\CCC1CNC(CC)C1)/C=C/C=N. The van der Waals surface area contributed by atoms with Crippen molar-refractivity contribution in [2.24, 2.45) is 11.8 Å². The monoisotopic (exact) mass is 332 g/mol. The average molecular weight is 333 g/mol. The van der Waals surface area contributed by atoms with Gasteiger partial charge < -0.3 is 10.7 Å². The van der Waals surface area contributed by atoms with E-state index in [0.717, 1.165) is 12.0 Å². The summed E-state index contributed by atoms with van der Waals surface area (Å²) < 4.78 is 0. The molecule has 2 N–H and O–H groups in total. The minimum Gasteiger partial charge on any atom is -0.314 e. The molecule has 1 heterocycles. The smallest absolute Gasteiger partial charge is 0.0174 e. The second-order valence-electron chi connectivity index (χ2n) is 7.39. The van der Waals surface area contributed by atoms with E-state index in [1.807, 2.05) is 6.08 Å². The molecule has 24 heavy (non-hydrogen) atoms. The Morgan fingerprint density at radius 2 is 1.88 bits per heavy atom. The van der Waals surface area contributed by atoms with Gasteiger partial charge in [0.25, 0.3) is 0 Å². The standard InChI is InChI=1S/C22H40N2/c1-3-5-6-7-8-9-13-20(16-12-17-23)14-10-11-15-21-18-22(4-2)24-19-21/h10,12,14,16-17,20-24H,3-9,11,13,15,18-19H2,1-2H3/b14-10-,16-12+,23-17?. The molecule has 0 bridgehead atoms. The van der Waals surface area contributed by atoms with Crippen molar-refractivity contribution in [2.75, 3.05) is 6.54 Å². The highest BCUT2D eigenvalue weighted by Gasteiger charge is 2.21. The van der Waals surface area contributed by atoms with Crippen molar-refractivity contribution in [3.05, 3.63) is 24.3 Å². The molecule has 0 amide bonds. The summed E-state index contributed by atoms with van der Waals surface area (Å²) in [6.07, 6.45) is 24.8. The molecular weight excluding hydrogens is 292 g/mol. The third-order valence-electron chi connectivity index (χ3n) is 5.28. The second kappa shape index (κ2) is 14.5. The van der Waals surface area contributed by atoms with Gasteiger partial charge in [-0.3, -0.25) is 0 Å². The Kier molecular flexibility index (Phi) is 12.7. The third kappa shape index (κ3) is 10.1. The topological polar surface area (TPSA) is 35.9 Å². The number of hydrogen-bond acceptors (Lipinski definition) is 2. The lowest BCUT2D eigenvalue weighted by Gasteiger charge is -2.09. The number of hydrogen-bond donors (Lipinski definition) is 2. The number of rotatable bonds is 14. The van der Waals surface area contributed by atoms with Crippen molar-refractivity contribution in [1.82, 2.24) is 5.32 Å². The largest absolute Gasteiger partial charge is 0.314 e. The maximum atomic E-state index is 7.21. The molecule has 3 atom stereocenters. The third-order valence-corrected chi connectivity index (χ3v) is 5.28. The molecule has 0 saturated carbocycles. The normalized spacial score (nSPS) is 22.6. The molecule has 1 saturated heterocycles. The van der Waals surface area contributed by atoms with E-state index in [1.165, 1.54) is 83.4 Å². The van der Waals surface area contributed by atoms with E-state index in [9.17, 15) is 0 Å². The van der Waals surface area contributed by atoms with Crippen LogP contribution in [0.15, 0.2) is 24.3 Å². The second-order valence-corrected chi connectivity index (χ2v) is 7.39. The van der Waals surface area contributed by atoms with E-state index < -0.39 is 0 Å². The molecule has 1 aliphatic rings. The van der Waals surface area contributed by atoms with Crippen LogP contribution in [-0.2, 0) is 0 Å². The first-order chi connectivity index (χ1) is 11.8. The first-order valence-electron chi connectivity index (χ1n) is 10.4. The minimum atomic E-state index is 0.517. The van der Waals surface area contributed by atoms with Crippen LogP contribution < -0.4 is 5.32 Å². The number of allylic oxidation sites excluding steroid dienone is 4. The maximum Gasteiger partial charge on any atom is 0.0174 e. The highest BCUT2D eigenvalue weighted by atomic mass is 14.9. The predicted octanol–water partition coefficient (Wildman–Crippen LogP) is 6.28. The van der Waals surface area contributed by atoms with Crippen LogP contribution >= 0.6 is 0 Å². The van der Waals surface area contributed by atoms with Crippen LogP contribution in [0.2, 0.25) is 0 Å². The summed E-state index contributed by atoms with van der Waals surface area (Å²) in [4.78, 5) is 0. The molecule has 1 fully saturated rings. The van der Waals surface area contributed by atoms with Crippen LogP contribution in [-0.4, -0.2) is 18.8 Å². The van der Waals surface area contributed by atoms with Crippen LogP contribution in [0.25, 0.3) is 0 Å². The Bertz CT molecular complexity index is 359. The summed E-state index contributed by atoms with van der Waals surface area (Å²) >= 11 is 0. The molecule has 0 spiro atoms. The highest BCUT2D eigenvalue weighted by Crippen LogP contribution is 2.21. The Labute approximate surface area is 150 Å². The van der Waals surface area contributed by atoms with Crippen LogP contribution in [0, 0.1) is 17.2 Å². The van der Waals surface area contributed by atoms with Crippen molar-refractivity contribution in [1.29, 1.82) is 5.41 Å². The van der Waals surface area contributed by atoms with Gasteiger partial charge in [-0.25, -0.2) is 0 Å². The quantitative estimate of drug-likeness (QED) is 0.219. The zero-order valence-electron chi connectivity index (χ0n) is 16.1. The van der Waals surface area contributed by atoms with E-state index in [0.29, 0.717) is 5.92 Å². The lowest BCUT2D eigenvalue weighted by atomic mass is 9.96. The van der Waals surface area contributed by atoms with Crippen LogP contribution in [0.3, 0.4) is 0 Å². The molecule has 0 aliphatic carbocycles. The molecule has 1 rings (SSSR count). The first kappa shape index (κ1) is 21.2. The first-order valence-corrected chi connectivity index (χ1v) is 10.4. The fourth-order valence-electron chi connectivity index (χ4n) is 3.65. The van der Waals surface area contributed by atoms with Gasteiger partial charge >= 0.3 is 0 Å². The zero-order valence-corrected chi connectivity index (χ0v) is 16.1. The van der Waals surface area contributed by atoms with Gasteiger partial charge in [0.1, 0.15) is 0 Å². The van der Waals surface area contributed by atoms with Gasteiger partial charge in [-0.05, 0) is 56.6 Å². The molecule has 0 radical (unpaired) electrons. The Balaban J connectivity index is 2.21. The van der Waals surface area contributed by atoms with Gasteiger partial charge in [-0.2, -0.15) is 0 Å². The Morgan fingerprint density at radius 3 is 2.58 bits per heavy atom. The van der Waals surface area contributed by atoms with Gasteiger partial charge in [0, 0.05) is 12.3 Å². The van der Waals surface area contributed by atoms with Crippen LogP contribution in [0.4, 0.5) is 0 Å². The van der Waals surface area contributed by atoms with Gasteiger partial charge in [0.15, 0.2) is 0 Å². The van der Waals surface area contributed by atoms with Crippen LogP contribution in [0.5, 0.6) is 0 Å². The fourth-order valence-corrected chi connectivity index (χ4v) is 3.65. The van der Waals surface area contributed by atoms with Crippen molar-refractivity contribution in [3.63, 3.8) is 0 Å². The van der Waals surface area contributed by atoms with Gasteiger partial charge in [0.2, 0.25) is 0 Å². The molecule has 0 aromatic heterocycles. The van der Waals surface area contributed by atoms with Crippen molar-refractivity contribution >= 4 is 6.21 Å². The van der Waals surface area contributed by atoms with E-state index in [1.54, 1.807) is 0 Å². The minimum absolute atomic E-state index is 0.517. The molecular formula is C22H40N2. The molecule has 0 aromatic rings. The van der Waals surface area contributed by atoms with Crippen molar-refractivity contribution in [3.8, 4) is 0 Å². The molecule has 1 aliphatic heterocycles. The molecule has 2 nitrogen and oxygen atoms in total. The lowest BCUT2D eigenvalue weighted by Crippen LogP contribution is -2.19. The Morgan fingerprint density at radius 1 is 1.08 bits per heavy atom. The van der Waals surface area contributed by atoms with Gasteiger partial charge in [0.05, 0.1) is 0 Å². The van der Waals surface area contributed by atoms with Gasteiger partial charge in [-0.1, -0.05) is 70.6 Å². The molecule has 3 unspecified atom stereocenters. The summed E-state index contributed by atoms with van der Waals surface area (Å²) in [5.41, 5.74) is 0. The van der Waals surface area contributed by atoms with E-state index in [4.69, 9.17) is 5.41 Å². The summed E-state index contributed by atoms with van der Waals surface area (Å²) in [5.74, 6) is 1.39. The van der Waals surface area contributed by atoms with E-state index in [2.05, 4.69) is 37.4 Å². The van der Waals surface area contributed by atoms with E-state index >= 15 is 0 Å². The van der Waals surface area contributed by atoms with Crippen molar-refractivity contribution < 1.29 is 0 Å². The highest BCUT2D eigenvalue weighted by molar-refractivity contribution is 5.67. The summed E-state index contributed by atoms with van der Waals surface area (Å²) in [6, 6.07) is 0.759. The summed E-state index contributed by atoms with van der Waals surface area (Å²) in [7, 11) is 0. The van der Waals surface area contributed by atoms with E-state index in [-0.39, 0.29) is 0 Å². The Hall–Kier alpha value is -0.890. The lowest BCUT2D eigenvalue weighted by molar-refractivity contribution is 0.512. The summed E-state index contributed by atoms with van der Waals surface area (Å²) in [6.45, 7) is 5.76. The zero-order chi connectivity index (χ0) is 17.5. The molecule has 0 aromatic carbocycles. The molecule has 2 heteroatoms.